The fourth-order valence-corrected chi connectivity index (χ4v) is 0.715. The Balaban J connectivity index is 3.74. The summed E-state index contributed by atoms with van der Waals surface area (Å²) in [5.74, 6) is 0.213. The number of ether oxygens (including phenoxy) is 1. The third kappa shape index (κ3) is 3.72. The van der Waals surface area contributed by atoms with Crippen molar-refractivity contribution in [3.05, 3.63) is 0 Å². The zero-order chi connectivity index (χ0) is 8.69. The molecule has 0 unspecified atom stereocenters. The van der Waals surface area contributed by atoms with Gasteiger partial charge in [-0.1, -0.05) is 0 Å². The van der Waals surface area contributed by atoms with E-state index < -0.39 is 0 Å². The Morgan fingerprint density at radius 2 is 2.36 bits per heavy atom. The van der Waals surface area contributed by atoms with Crippen LogP contribution in [-0.4, -0.2) is 44.4 Å². The van der Waals surface area contributed by atoms with Crippen molar-refractivity contribution in [3.63, 3.8) is 0 Å². The zero-order valence-electron chi connectivity index (χ0n) is 7.13. The minimum Gasteiger partial charge on any atom is -0.383 e. The summed E-state index contributed by atoms with van der Waals surface area (Å²) in [5, 5.41) is 7.31. The van der Waals surface area contributed by atoms with E-state index in [1.54, 1.807) is 12.0 Å². The molecule has 64 valence electrons. The van der Waals surface area contributed by atoms with Crippen LogP contribution in [0.15, 0.2) is 4.99 Å². The number of hydrogen-bond acceptors (Lipinski definition) is 2. The second kappa shape index (κ2) is 5.85. The van der Waals surface area contributed by atoms with Crippen LogP contribution in [0, 0.1) is 5.41 Å². The van der Waals surface area contributed by atoms with E-state index in [0.29, 0.717) is 13.2 Å². The topological polar surface area (TPSA) is 48.7 Å². The molecule has 0 amide bonds. The maximum atomic E-state index is 7.31. The molecule has 0 rings (SSSR count). The number of aliphatic imine (C=N–C) groups is 1. The van der Waals surface area contributed by atoms with Crippen LogP contribution in [-0.2, 0) is 4.74 Å². The largest absolute Gasteiger partial charge is 0.383 e. The monoisotopic (exact) mass is 157 g/mol. The Kier molecular flexibility index (Phi) is 5.37. The van der Waals surface area contributed by atoms with E-state index in [2.05, 4.69) is 11.7 Å². The van der Waals surface area contributed by atoms with Crippen molar-refractivity contribution in [1.29, 1.82) is 5.41 Å². The predicted octanol–water partition coefficient (Wildman–Crippen LogP) is 0.590. The molecule has 0 saturated heterocycles. The molecular weight excluding hydrogens is 142 g/mol. The number of rotatable bonds is 4. The van der Waals surface area contributed by atoms with Crippen LogP contribution >= 0.6 is 0 Å². The number of guanidine groups is 1. The van der Waals surface area contributed by atoms with Crippen molar-refractivity contribution in [1.82, 2.24) is 4.90 Å². The highest BCUT2D eigenvalue weighted by Gasteiger charge is 2.03. The lowest BCUT2D eigenvalue weighted by atomic mass is 10.5. The molecule has 0 bridgehead atoms. The molecule has 0 aromatic rings. The molecule has 4 nitrogen and oxygen atoms in total. The second-order valence-electron chi connectivity index (χ2n) is 2.05. The maximum absolute atomic E-state index is 7.31. The molecule has 0 aliphatic heterocycles. The molecule has 0 atom stereocenters. The Labute approximate surface area is 67.4 Å². The average Bonchev–Trinajstić information content (AvgIpc) is 2.05. The summed E-state index contributed by atoms with van der Waals surface area (Å²) in [6.07, 6.45) is 0. The quantitative estimate of drug-likeness (QED) is 0.479. The lowest BCUT2D eigenvalue weighted by Gasteiger charge is -2.19. The summed E-state index contributed by atoms with van der Waals surface area (Å²) in [6.45, 7) is 7.33. The number of nitrogens with zero attached hydrogens (tertiary/aromatic N) is 2. The first-order chi connectivity index (χ1) is 5.26. The van der Waals surface area contributed by atoms with E-state index >= 15 is 0 Å². The van der Waals surface area contributed by atoms with Crippen molar-refractivity contribution >= 4 is 12.7 Å². The number of nitrogens with one attached hydrogen (secondary N) is 1. The van der Waals surface area contributed by atoms with Gasteiger partial charge in [-0.3, -0.25) is 5.41 Å². The molecule has 1 N–H and O–H groups in total. The number of hydrogen-bond donors (Lipinski definition) is 1. The average molecular weight is 157 g/mol. The maximum Gasteiger partial charge on any atom is 0.217 e. The second-order valence-corrected chi connectivity index (χ2v) is 2.05. The number of likely N-dealkylation sites (N-methyl/N-ethyl adjacent to an activating group) is 1. The molecule has 0 saturated carbocycles. The molecular formula is C7H15N3O. The van der Waals surface area contributed by atoms with Crippen LogP contribution in [0.25, 0.3) is 0 Å². The van der Waals surface area contributed by atoms with Gasteiger partial charge in [0.05, 0.1) is 6.61 Å². The molecule has 0 aromatic heterocycles. The van der Waals surface area contributed by atoms with Crippen LogP contribution in [0.1, 0.15) is 6.92 Å². The summed E-state index contributed by atoms with van der Waals surface area (Å²) in [4.78, 5) is 5.30. The van der Waals surface area contributed by atoms with Crippen molar-refractivity contribution in [2.24, 2.45) is 4.99 Å². The van der Waals surface area contributed by atoms with Crippen molar-refractivity contribution in [3.8, 4) is 0 Å². The van der Waals surface area contributed by atoms with Gasteiger partial charge in [-0.15, -0.1) is 0 Å². The SMILES string of the molecule is C=NC(=N)N(CC)CCOC. The van der Waals surface area contributed by atoms with E-state index in [-0.39, 0.29) is 5.96 Å². The van der Waals surface area contributed by atoms with Gasteiger partial charge < -0.3 is 9.64 Å². The Hall–Kier alpha value is -0.900. The third-order valence-electron chi connectivity index (χ3n) is 1.40. The highest BCUT2D eigenvalue weighted by Crippen LogP contribution is 1.89. The van der Waals surface area contributed by atoms with Crippen LogP contribution < -0.4 is 0 Å². The number of methoxy groups -OCH3 is 1. The van der Waals surface area contributed by atoms with Crippen molar-refractivity contribution < 1.29 is 4.74 Å². The highest BCUT2D eigenvalue weighted by atomic mass is 16.5. The molecule has 0 aliphatic rings. The van der Waals surface area contributed by atoms with Crippen LogP contribution in [0.5, 0.6) is 0 Å². The van der Waals surface area contributed by atoms with Gasteiger partial charge in [0, 0.05) is 20.2 Å². The molecule has 11 heavy (non-hydrogen) atoms. The third-order valence-corrected chi connectivity index (χ3v) is 1.40. The molecule has 0 aromatic carbocycles. The Morgan fingerprint density at radius 3 is 2.73 bits per heavy atom. The van der Waals surface area contributed by atoms with E-state index in [1.807, 2.05) is 6.92 Å². The fourth-order valence-electron chi connectivity index (χ4n) is 0.715. The Morgan fingerprint density at radius 1 is 1.73 bits per heavy atom. The minimum absolute atomic E-state index is 0.213. The normalized spacial score (nSPS) is 9.27. The van der Waals surface area contributed by atoms with Gasteiger partial charge in [0.15, 0.2) is 0 Å². The molecule has 0 spiro atoms. The molecule has 0 heterocycles. The lowest BCUT2D eigenvalue weighted by Crippen LogP contribution is -2.31. The van der Waals surface area contributed by atoms with Gasteiger partial charge in [0.1, 0.15) is 0 Å². The lowest BCUT2D eigenvalue weighted by molar-refractivity contribution is 0.177. The fraction of sp³-hybridized carbons (Fsp3) is 0.714. The molecule has 0 aliphatic carbocycles. The Bertz CT molecular complexity index is 136. The first-order valence-corrected chi connectivity index (χ1v) is 3.55. The molecule has 0 radical (unpaired) electrons. The van der Waals surface area contributed by atoms with E-state index in [4.69, 9.17) is 10.1 Å². The van der Waals surface area contributed by atoms with Crippen LogP contribution in [0.2, 0.25) is 0 Å². The van der Waals surface area contributed by atoms with Gasteiger partial charge in [0.25, 0.3) is 0 Å². The van der Waals surface area contributed by atoms with Gasteiger partial charge >= 0.3 is 0 Å². The van der Waals surface area contributed by atoms with Crippen molar-refractivity contribution in [2.45, 2.75) is 6.92 Å². The highest BCUT2D eigenvalue weighted by molar-refractivity contribution is 5.81. The summed E-state index contributed by atoms with van der Waals surface area (Å²) < 4.78 is 4.87. The summed E-state index contributed by atoms with van der Waals surface area (Å²) in [6, 6.07) is 0. The molecule has 0 fully saturated rings. The van der Waals surface area contributed by atoms with E-state index in [1.165, 1.54) is 0 Å². The van der Waals surface area contributed by atoms with E-state index in [0.717, 1.165) is 6.54 Å². The zero-order valence-corrected chi connectivity index (χ0v) is 7.13. The summed E-state index contributed by atoms with van der Waals surface area (Å²) in [7, 11) is 1.64. The minimum atomic E-state index is 0.213. The van der Waals surface area contributed by atoms with Gasteiger partial charge in [-0.05, 0) is 13.6 Å². The standard InChI is InChI=1S/C7H15N3O/c1-4-10(5-6-11-3)7(8)9-2/h8H,2,4-6H2,1,3H3. The van der Waals surface area contributed by atoms with Gasteiger partial charge in [-0.25, -0.2) is 4.99 Å². The van der Waals surface area contributed by atoms with Crippen LogP contribution in [0.3, 0.4) is 0 Å². The summed E-state index contributed by atoms with van der Waals surface area (Å²) in [5.41, 5.74) is 0. The smallest absolute Gasteiger partial charge is 0.217 e. The van der Waals surface area contributed by atoms with Crippen molar-refractivity contribution in [2.75, 3.05) is 26.8 Å². The first kappa shape index (κ1) is 10.1. The van der Waals surface area contributed by atoms with Gasteiger partial charge in [0.2, 0.25) is 5.96 Å². The molecule has 4 heteroatoms. The summed E-state index contributed by atoms with van der Waals surface area (Å²) >= 11 is 0. The van der Waals surface area contributed by atoms with Crippen LogP contribution in [0.4, 0.5) is 0 Å². The first-order valence-electron chi connectivity index (χ1n) is 3.55. The predicted molar refractivity (Wildman–Crippen MR) is 46.4 cm³/mol. The van der Waals surface area contributed by atoms with E-state index in [9.17, 15) is 0 Å². The van der Waals surface area contributed by atoms with Gasteiger partial charge in [-0.2, -0.15) is 0 Å².